The van der Waals surface area contributed by atoms with Crippen LogP contribution < -0.4 is 16.2 Å². The van der Waals surface area contributed by atoms with Crippen molar-refractivity contribution in [1.29, 1.82) is 0 Å². The first-order valence-electron chi connectivity index (χ1n) is 24.1. The molecule has 68 heavy (non-hydrogen) atoms. The van der Waals surface area contributed by atoms with Gasteiger partial charge >= 0.3 is 0 Å². The molecule has 12 aromatic rings. The Morgan fingerprint density at radius 1 is 0.662 bits per heavy atom. The van der Waals surface area contributed by atoms with Crippen molar-refractivity contribution in [2.75, 3.05) is 5.32 Å². The van der Waals surface area contributed by atoms with Crippen LogP contribution in [0.15, 0.2) is 148 Å². The zero-order valence-corrected chi connectivity index (χ0v) is 40.3. The summed E-state index contributed by atoms with van der Waals surface area (Å²) in [4.78, 5) is 5.31. The second-order valence-corrected chi connectivity index (χ2v) is 22.9. The van der Waals surface area contributed by atoms with Gasteiger partial charge in [-0.2, -0.15) is 0 Å². The highest BCUT2D eigenvalue weighted by Crippen LogP contribution is 2.52. The van der Waals surface area contributed by atoms with Crippen molar-refractivity contribution in [3.8, 4) is 27.4 Å². The molecule has 2 aliphatic rings. The number of rotatable bonds is 4. The maximum atomic E-state index is 7.34. The van der Waals surface area contributed by atoms with Crippen LogP contribution in [0.4, 0.5) is 11.4 Å². The maximum Gasteiger partial charge on any atom is 0.198 e. The van der Waals surface area contributed by atoms with Crippen molar-refractivity contribution >= 4 is 117 Å². The SMILES string of the molecule is CC(C)(C)c1ccc(Nc2cc3oc4ccccc4c3cc2-c2c3c4c(c5cc6c(cc5n4-c4cc5sc(-c7ccccc7)nc5cc4B3)C(C)(C)CCC6(C)C)c3c2oc2ccccc23)cc1. The third kappa shape index (κ3) is 5.72. The van der Waals surface area contributed by atoms with E-state index in [0.717, 1.165) is 95.3 Å². The lowest BCUT2D eigenvalue weighted by Crippen LogP contribution is -2.37. The Morgan fingerprint density at radius 3 is 2.10 bits per heavy atom. The number of nitrogens with one attached hydrogen (secondary N) is 1. The molecule has 1 N–H and O–H groups in total. The first kappa shape index (κ1) is 40.0. The van der Waals surface area contributed by atoms with Crippen LogP contribution in [0.5, 0.6) is 0 Å². The van der Waals surface area contributed by atoms with E-state index in [9.17, 15) is 0 Å². The second kappa shape index (κ2) is 13.8. The van der Waals surface area contributed by atoms with Crippen molar-refractivity contribution in [2.45, 2.75) is 77.6 Å². The van der Waals surface area contributed by atoms with Crippen LogP contribution in [-0.4, -0.2) is 16.8 Å². The summed E-state index contributed by atoms with van der Waals surface area (Å²) in [6, 6.07) is 51.1. The molecule has 0 unspecified atom stereocenters. The Hall–Kier alpha value is -7.09. The second-order valence-electron chi connectivity index (χ2n) is 21.9. The molecule has 0 atom stereocenters. The van der Waals surface area contributed by atoms with Crippen molar-refractivity contribution < 1.29 is 8.83 Å². The van der Waals surface area contributed by atoms with E-state index in [2.05, 4.69) is 198 Å². The van der Waals surface area contributed by atoms with Gasteiger partial charge in [0.15, 0.2) is 7.28 Å². The Labute approximate surface area is 399 Å². The van der Waals surface area contributed by atoms with E-state index in [1.54, 1.807) is 11.3 Å². The summed E-state index contributed by atoms with van der Waals surface area (Å²) in [6.07, 6.45) is 2.29. The fourth-order valence-corrected chi connectivity index (χ4v) is 12.8. The average Bonchev–Trinajstić information content (AvgIpc) is 4.10. The van der Waals surface area contributed by atoms with Crippen LogP contribution >= 0.6 is 11.3 Å². The molecular weight excluding hydrogens is 850 g/mol. The molecule has 0 spiro atoms. The smallest absolute Gasteiger partial charge is 0.198 e. The zero-order chi connectivity index (χ0) is 46.0. The molecule has 14 rings (SSSR count). The van der Waals surface area contributed by atoms with E-state index < -0.39 is 0 Å². The summed E-state index contributed by atoms with van der Waals surface area (Å²) in [5.41, 5.74) is 20.4. The molecule has 0 saturated heterocycles. The van der Waals surface area contributed by atoms with Crippen LogP contribution in [0.2, 0.25) is 0 Å². The monoisotopic (exact) mass is 899 g/mol. The van der Waals surface area contributed by atoms with Gasteiger partial charge in [-0.3, -0.25) is 0 Å². The minimum Gasteiger partial charge on any atom is -0.456 e. The Morgan fingerprint density at radius 2 is 1.35 bits per heavy atom. The molecule has 1 aliphatic carbocycles. The summed E-state index contributed by atoms with van der Waals surface area (Å²) in [5, 5.41) is 12.0. The number of hydrogen-bond acceptors (Lipinski definition) is 5. The fraction of sp³-hybridized carbons (Fsp3) is 0.197. The number of anilines is 2. The summed E-state index contributed by atoms with van der Waals surface area (Å²) >= 11 is 1.78. The number of para-hydroxylation sites is 2. The number of nitrogens with zero attached hydrogens (tertiary/aromatic N) is 2. The van der Waals surface area contributed by atoms with Crippen LogP contribution in [0.1, 0.15) is 78.0 Å². The van der Waals surface area contributed by atoms with Gasteiger partial charge < -0.3 is 18.7 Å². The number of benzene rings is 8. The standard InChI is InChI=1S/C61H50BN3O2S/c1-59(2,3)34-21-23-35(24-22-34)63-44-31-50-38(36-17-11-13-19-48(36)66-50)27-39(44)54-55-56-52(53-37-18-12-14-20-49(37)67-57(53)54)40-28-41-42(61(6,7)26-25-60(41,4)5)29-46(40)65(56)47-32-51-45(30-43(47)62-55)64-58(68-51)33-15-9-8-10-16-33/h8-24,27-32,62-63H,25-26H2,1-7H3. The van der Waals surface area contributed by atoms with Crippen LogP contribution in [0, 0.1) is 0 Å². The van der Waals surface area contributed by atoms with Crippen LogP contribution in [-0.2, 0) is 16.2 Å². The third-order valence-electron chi connectivity index (χ3n) is 15.6. The fourth-order valence-electron chi connectivity index (χ4n) is 11.9. The molecule has 8 aromatic carbocycles. The first-order chi connectivity index (χ1) is 32.8. The number of furan rings is 2. The minimum absolute atomic E-state index is 0.0273. The van der Waals surface area contributed by atoms with E-state index >= 15 is 0 Å². The Bertz CT molecular complexity index is 4120. The lowest BCUT2D eigenvalue weighted by molar-refractivity contribution is 0.332. The summed E-state index contributed by atoms with van der Waals surface area (Å²) in [5.74, 6) is 0. The van der Waals surface area contributed by atoms with E-state index in [1.807, 2.05) is 0 Å². The van der Waals surface area contributed by atoms with Crippen molar-refractivity contribution in [3.05, 3.63) is 156 Å². The van der Waals surface area contributed by atoms with Gasteiger partial charge in [-0.05, 0) is 106 Å². The summed E-state index contributed by atoms with van der Waals surface area (Å²) in [6.45, 7) is 16.6. The number of thiazole rings is 1. The van der Waals surface area contributed by atoms with Gasteiger partial charge in [0.05, 0.1) is 26.9 Å². The first-order valence-corrected chi connectivity index (χ1v) is 24.9. The molecule has 4 aromatic heterocycles. The van der Waals surface area contributed by atoms with Crippen molar-refractivity contribution in [2.24, 2.45) is 0 Å². The Kier molecular flexibility index (Phi) is 8.10. The van der Waals surface area contributed by atoms with E-state index in [0.29, 0.717) is 7.28 Å². The molecule has 330 valence electrons. The van der Waals surface area contributed by atoms with E-state index in [1.165, 1.54) is 59.8 Å². The molecule has 0 radical (unpaired) electrons. The molecule has 1 aliphatic heterocycles. The highest BCUT2D eigenvalue weighted by Gasteiger charge is 2.40. The number of fused-ring (bicyclic) bond motifs is 14. The third-order valence-corrected chi connectivity index (χ3v) is 16.7. The molecular formula is C61H50BN3O2S. The van der Waals surface area contributed by atoms with Crippen molar-refractivity contribution in [3.63, 3.8) is 0 Å². The van der Waals surface area contributed by atoms with E-state index in [-0.39, 0.29) is 16.2 Å². The lowest BCUT2D eigenvalue weighted by atomic mass is 9.58. The highest BCUT2D eigenvalue weighted by molar-refractivity contribution is 7.21. The molecule has 5 heterocycles. The van der Waals surface area contributed by atoms with Gasteiger partial charge in [0.2, 0.25) is 0 Å². The lowest BCUT2D eigenvalue weighted by Gasteiger charge is -2.42. The maximum absolute atomic E-state index is 7.34. The van der Waals surface area contributed by atoms with Crippen LogP contribution in [0.25, 0.3) is 103 Å². The molecule has 5 nitrogen and oxygen atoms in total. The predicted octanol–water partition coefficient (Wildman–Crippen LogP) is 15.6. The molecule has 0 amide bonds. The number of aromatic nitrogens is 2. The summed E-state index contributed by atoms with van der Waals surface area (Å²) < 4.78 is 17.8. The minimum atomic E-state index is 0.0273. The molecule has 0 bridgehead atoms. The molecule has 7 heteroatoms. The summed E-state index contributed by atoms with van der Waals surface area (Å²) in [7, 11) is 0.708. The Balaban J connectivity index is 1.15. The van der Waals surface area contributed by atoms with Gasteiger partial charge in [-0.1, -0.05) is 133 Å². The van der Waals surface area contributed by atoms with Gasteiger partial charge in [0.25, 0.3) is 0 Å². The molecule has 0 fully saturated rings. The largest absolute Gasteiger partial charge is 0.456 e. The topological polar surface area (TPSA) is 56.1 Å². The van der Waals surface area contributed by atoms with Gasteiger partial charge in [0, 0.05) is 66.4 Å². The van der Waals surface area contributed by atoms with Gasteiger partial charge in [0.1, 0.15) is 27.3 Å². The molecule has 0 saturated carbocycles. The highest BCUT2D eigenvalue weighted by atomic mass is 32.1. The van der Waals surface area contributed by atoms with Crippen LogP contribution in [0.3, 0.4) is 0 Å². The predicted molar refractivity (Wildman–Crippen MR) is 290 cm³/mol. The van der Waals surface area contributed by atoms with E-state index in [4.69, 9.17) is 13.8 Å². The van der Waals surface area contributed by atoms with Gasteiger partial charge in [-0.15, -0.1) is 11.3 Å². The number of hydrogen-bond donors (Lipinski definition) is 1. The zero-order valence-electron chi connectivity index (χ0n) is 39.5. The average molecular weight is 900 g/mol. The normalized spacial score (nSPS) is 15.2. The van der Waals surface area contributed by atoms with Gasteiger partial charge in [-0.25, -0.2) is 4.98 Å². The van der Waals surface area contributed by atoms with Crippen molar-refractivity contribution in [1.82, 2.24) is 9.55 Å². The quantitative estimate of drug-likeness (QED) is 0.179.